The number of hydrogen-bond acceptors (Lipinski definition) is 4. The second kappa shape index (κ2) is 5.79. The van der Waals surface area contributed by atoms with Crippen LogP contribution in [0.2, 0.25) is 0 Å². The quantitative estimate of drug-likeness (QED) is 0.890. The summed E-state index contributed by atoms with van der Waals surface area (Å²) >= 11 is 0. The molecule has 1 unspecified atom stereocenters. The first kappa shape index (κ1) is 14.1. The summed E-state index contributed by atoms with van der Waals surface area (Å²) in [5.41, 5.74) is 10.7. The molecule has 0 aromatic carbocycles. The minimum Gasteiger partial charge on any atom is -0.481 e. The van der Waals surface area contributed by atoms with Gasteiger partial charge in [-0.05, 0) is 42.2 Å². The van der Waals surface area contributed by atoms with Gasteiger partial charge in [-0.15, -0.1) is 0 Å². The Labute approximate surface area is 117 Å². The molecule has 0 radical (unpaired) electrons. The van der Waals surface area contributed by atoms with E-state index in [-0.39, 0.29) is 6.42 Å². The molecule has 0 fully saturated rings. The number of rotatable bonds is 4. The van der Waals surface area contributed by atoms with Gasteiger partial charge in [0, 0.05) is 36.4 Å². The topological polar surface area (TPSA) is 89.1 Å². The molecule has 1 atom stereocenters. The molecular formula is C15H17N3O2. The molecule has 104 valence electrons. The maximum Gasteiger partial charge on any atom is 0.305 e. The van der Waals surface area contributed by atoms with Gasteiger partial charge in [-0.1, -0.05) is 0 Å². The lowest BCUT2D eigenvalue weighted by Gasteiger charge is -2.13. The fraction of sp³-hybridized carbons (Fsp3) is 0.267. The van der Waals surface area contributed by atoms with E-state index in [9.17, 15) is 4.79 Å². The van der Waals surface area contributed by atoms with Crippen LogP contribution < -0.4 is 5.73 Å². The lowest BCUT2D eigenvalue weighted by molar-refractivity contribution is -0.137. The van der Waals surface area contributed by atoms with Crippen molar-refractivity contribution in [3.63, 3.8) is 0 Å². The molecule has 5 heteroatoms. The van der Waals surface area contributed by atoms with E-state index in [1.165, 1.54) is 0 Å². The molecule has 0 aliphatic rings. The second-order valence-electron chi connectivity index (χ2n) is 4.86. The van der Waals surface area contributed by atoms with Gasteiger partial charge in [-0.2, -0.15) is 0 Å². The largest absolute Gasteiger partial charge is 0.481 e. The van der Waals surface area contributed by atoms with Gasteiger partial charge < -0.3 is 10.8 Å². The average molecular weight is 271 g/mol. The molecule has 2 rings (SSSR count). The molecule has 0 saturated heterocycles. The summed E-state index contributed by atoms with van der Waals surface area (Å²) in [5.74, 6) is -0.917. The lowest BCUT2D eigenvalue weighted by Crippen LogP contribution is -2.15. The predicted octanol–water partition coefficient (Wildman–Crippen LogP) is 2.23. The molecule has 20 heavy (non-hydrogen) atoms. The summed E-state index contributed by atoms with van der Waals surface area (Å²) in [6.45, 7) is 3.97. The fourth-order valence-electron chi connectivity index (χ4n) is 2.26. The van der Waals surface area contributed by atoms with Gasteiger partial charge in [-0.25, -0.2) is 0 Å². The van der Waals surface area contributed by atoms with Crippen molar-refractivity contribution in [3.8, 4) is 11.1 Å². The molecule has 0 amide bonds. The third kappa shape index (κ3) is 3.00. The van der Waals surface area contributed by atoms with Crippen LogP contribution in [0.15, 0.2) is 30.9 Å². The van der Waals surface area contributed by atoms with E-state index >= 15 is 0 Å². The Bertz CT molecular complexity index is 621. The number of nitrogens with zero attached hydrogens (tertiary/aromatic N) is 2. The molecule has 3 N–H and O–H groups in total. The highest BCUT2D eigenvalue weighted by molar-refractivity contribution is 5.71. The fourth-order valence-corrected chi connectivity index (χ4v) is 2.26. The van der Waals surface area contributed by atoms with Gasteiger partial charge in [0.1, 0.15) is 0 Å². The molecule has 2 heterocycles. The average Bonchev–Trinajstić information content (AvgIpc) is 2.38. The highest BCUT2D eigenvalue weighted by Gasteiger charge is 2.13. The van der Waals surface area contributed by atoms with Crippen molar-refractivity contribution in [1.82, 2.24) is 9.97 Å². The first-order chi connectivity index (χ1) is 9.49. The van der Waals surface area contributed by atoms with Gasteiger partial charge in [0.05, 0.1) is 6.42 Å². The Morgan fingerprint density at radius 3 is 2.40 bits per heavy atom. The maximum atomic E-state index is 10.7. The summed E-state index contributed by atoms with van der Waals surface area (Å²) in [6.07, 6.45) is 6.85. The van der Waals surface area contributed by atoms with Crippen molar-refractivity contribution in [2.45, 2.75) is 26.3 Å². The smallest absolute Gasteiger partial charge is 0.305 e. The zero-order valence-electron chi connectivity index (χ0n) is 11.5. The standard InChI is InChI=1S/C15H17N3O2/c1-9-5-17-6-10(2)15(9)12-3-11(7-18-8-12)13(16)4-14(19)20/h3,5-8,13H,4,16H2,1-2H3,(H,19,20). The Morgan fingerprint density at radius 1 is 1.20 bits per heavy atom. The van der Waals surface area contributed by atoms with E-state index in [4.69, 9.17) is 10.8 Å². The van der Waals surface area contributed by atoms with Crippen molar-refractivity contribution >= 4 is 5.97 Å². The van der Waals surface area contributed by atoms with E-state index in [0.717, 1.165) is 27.8 Å². The molecule has 2 aromatic rings. The number of hydrogen-bond donors (Lipinski definition) is 2. The zero-order chi connectivity index (χ0) is 14.7. The molecular weight excluding hydrogens is 254 g/mol. The summed E-state index contributed by atoms with van der Waals surface area (Å²) in [5, 5.41) is 8.81. The highest BCUT2D eigenvalue weighted by atomic mass is 16.4. The Kier molecular flexibility index (Phi) is 4.10. The number of carbonyl (C=O) groups is 1. The Hall–Kier alpha value is -2.27. The Balaban J connectivity index is 2.42. The van der Waals surface area contributed by atoms with E-state index in [0.29, 0.717) is 0 Å². The molecule has 0 spiro atoms. The lowest BCUT2D eigenvalue weighted by atomic mass is 9.96. The minimum absolute atomic E-state index is 0.112. The van der Waals surface area contributed by atoms with E-state index in [1.54, 1.807) is 24.8 Å². The molecule has 2 aromatic heterocycles. The molecule has 0 bridgehead atoms. The van der Waals surface area contributed by atoms with Crippen molar-refractivity contribution < 1.29 is 9.90 Å². The van der Waals surface area contributed by atoms with E-state index in [2.05, 4.69) is 9.97 Å². The van der Waals surface area contributed by atoms with Gasteiger partial charge in [0.2, 0.25) is 0 Å². The normalized spacial score (nSPS) is 12.2. The van der Waals surface area contributed by atoms with Crippen LogP contribution >= 0.6 is 0 Å². The maximum absolute atomic E-state index is 10.7. The number of aryl methyl sites for hydroxylation is 2. The third-order valence-electron chi connectivity index (χ3n) is 3.20. The summed E-state index contributed by atoms with van der Waals surface area (Å²) in [7, 11) is 0. The van der Waals surface area contributed by atoms with Crippen molar-refractivity contribution in [2.24, 2.45) is 5.73 Å². The van der Waals surface area contributed by atoms with Crippen molar-refractivity contribution in [2.75, 3.05) is 0 Å². The van der Waals surface area contributed by atoms with Crippen LogP contribution in [0.5, 0.6) is 0 Å². The number of aromatic nitrogens is 2. The first-order valence-corrected chi connectivity index (χ1v) is 6.33. The summed E-state index contributed by atoms with van der Waals surface area (Å²) in [4.78, 5) is 19.1. The second-order valence-corrected chi connectivity index (χ2v) is 4.86. The van der Waals surface area contributed by atoms with Gasteiger partial charge in [0.25, 0.3) is 0 Å². The van der Waals surface area contributed by atoms with Crippen molar-refractivity contribution in [3.05, 3.63) is 47.5 Å². The summed E-state index contributed by atoms with van der Waals surface area (Å²) in [6, 6.07) is 1.35. The van der Waals surface area contributed by atoms with Crippen LogP contribution in [0.25, 0.3) is 11.1 Å². The summed E-state index contributed by atoms with van der Waals surface area (Å²) < 4.78 is 0. The minimum atomic E-state index is -0.917. The van der Waals surface area contributed by atoms with Gasteiger partial charge >= 0.3 is 5.97 Å². The highest BCUT2D eigenvalue weighted by Crippen LogP contribution is 2.27. The van der Waals surface area contributed by atoms with E-state index < -0.39 is 12.0 Å². The van der Waals surface area contributed by atoms with Gasteiger partial charge in [0.15, 0.2) is 0 Å². The van der Waals surface area contributed by atoms with Gasteiger partial charge in [-0.3, -0.25) is 14.8 Å². The van der Waals surface area contributed by atoms with Crippen LogP contribution in [0, 0.1) is 13.8 Å². The molecule has 0 aliphatic heterocycles. The predicted molar refractivity (Wildman–Crippen MR) is 76.1 cm³/mol. The molecule has 5 nitrogen and oxygen atoms in total. The van der Waals surface area contributed by atoms with Crippen LogP contribution in [-0.4, -0.2) is 21.0 Å². The number of carboxylic acid groups (broad SMARTS) is 1. The zero-order valence-corrected chi connectivity index (χ0v) is 11.5. The number of carboxylic acids is 1. The molecule has 0 saturated carbocycles. The van der Waals surface area contributed by atoms with E-state index in [1.807, 2.05) is 19.9 Å². The van der Waals surface area contributed by atoms with Crippen LogP contribution in [-0.2, 0) is 4.79 Å². The number of nitrogens with two attached hydrogens (primary N) is 1. The van der Waals surface area contributed by atoms with Crippen molar-refractivity contribution in [1.29, 1.82) is 0 Å². The Morgan fingerprint density at radius 2 is 1.80 bits per heavy atom. The van der Waals surface area contributed by atoms with Crippen LogP contribution in [0.3, 0.4) is 0 Å². The van der Waals surface area contributed by atoms with Crippen LogP contribution in [0.1, 0.15) is 29.2 Å². The van der Waals surface area contributed by atoms with Crippen LogP contribution in [0.4, 0.5) is 0 Å². The SMILES string of the molecule is Cc1cncc(C)c1-c1cncc(C(N)CC(=O)O)c1. The number of aliphatic carboxylic acids is 1. The monoisotopic (exact) mass is 271 g/mol. The molecule has 0 aliphatic carbocycles. The first-order valence-electron chi connectivity index (χ1n) is 6.33. The number of pyridine rings is 2. The third-order valence-corrected chi connectivity index (χ3v) is 3.20.